The molecule has 0 radical (unpaired) electrons. The Morgan fingerprint density at radius 1 is 1.36 bits per heavy atom. The lowest BCUT2D eigenvalue weighted by molar-refractivity contribution is 0.0206. The fourth-order valence-corrected chi connectivity index (χ4v) is 3.28. The molecule has 1 saturated heterocycles. The van der Waals surface area contributed by atoms with Crippen molar-refractivity contribution in [3.8, 4) is 0 Å². The minimum atomic E-state index is -3.75. The van der Waals surface area contributed by atoms with Gasteiger partial charge in [0.25, 0.3) is 0 Å². The maximum absolute atomic E-state index is 12.2. The van der Waals surface area contributed by atoms with Crippen molar-refractivity contribution in [1.82, 2.24) is 4.90 Å². The number of carbonyl (C=O) groups excluding carboxylic acids is 1. The maximum atomic E-state index is 12.2. The first-order valence-corrected chi connectivity index (χ1v) is 9.88. The van der Waals surface area contributed by atoms with Gasteiger partial charge in [0.15, 0.2) is 0 Å². The number of piperidine rings is 1. The second-order valence-electron chi connectivity index (χ2n) is 7.43. The molecule has 1 atom stereocenters. The molecule has 2 rings (SSSR count). The van der Waals surface area contributed by atoms with Gasteiger partial charge in [-0.1, -0.05) is 6.07 Å². The molecule has 0 bridgehead atoms. The lowest BCUT2D eigenvalue weighted by Gasteiger charge is -2.35. The van der Waals surface area contributed by atoms with Gasteiger partial charge in [0, 0.05) is 24.8 Å². The molecule has 1 heterocycles. The third-order valence-corrected chi connectivity index (χ3v) is 4.88. The number of primary sulfonamides is 1. The number of nitrogens with zero attached hydrogens (tertiary/aromatic N) is 1. The van der Waals surface area contributed by atoms with Crippen molar-refractivity contribution in [2.75, 3.05) is 18.4 Å². The Morgan fingerprint density at radius 2 is 2.04 bits per heavy atom. The first-order chi connectivity index (χ1) is 11.5. The van der Waals surface area contributed by atoms with Crippen LogP contribution in [0.25, 0.3) is 0 Å². The normalized spacial score (nSPS) is 18.8. The summed E-state index contributed by atoms with van der Waals surface area (Å²) in [4.78, 5) is 14.0. The summed E-state index contributed by atoms with van der Waals surface area (Å²) >= 11 is 0. The molecule has 0 saturated carbocycles. The van der Waals surface area contributed by atoms with E-state index >= 15 is 0 Å². The number of nitrogens with two attached hydrogens (primary N) is 1. The van der Waals surface area contributed by atoms with Crippen molar-refractivity contribution < 1.29 is 17.9 Å². The molecule has 7 nitrogen and oxygen atoms in total. The molecule has 1 aromatic carbocycles. The van der Waals surface area contributed by atoms with Crippen LogP contribution in [0.1, 0.15) is 39.2 Å². The van der Waals surface area contributed by atoms with Crippen LogP contribution in [0.5, 0.6) is 0 Å². The van der Waals surface area contributed by atoms with Crippen LogP contribution in [-0.4, -0.2) is 44.1 Å². The first kappa shape index (κ1) is 19.5. The number of aryl methyl sites for hydroxylation is 1. The van der Waals surface area contributed by atoms with Crippen molar-refractivity contribution >= 4 is 21.8 Å². The summed E-state index contributed by atoms with van der Waals surface area (Å²) in [6.45, 7) is 8.58. The van der Waals surface area contributed by atoms with E-state index in [0.29, 0.717) is 18.8 Å². The van der Waals surface area contributed by atoms with Crippen LogP contribution < -0.4 is 10.5 Å². The molecule has 3 N–H and O–H groups in total. The summed E-state index contributed by atoms with van der Waals surface area (Å²) in [6.07, 6.45) is 1.41. The molecule has 1 amide bonds. The molecule has 1 fully saturated rings. The van der Waals surface area contributed by atoms with Gasteiger partial charge in [-0.25, -0.2) is 18.4 Å². The number of sulfonamides is 1. The zero-order valence-corrected chi connectivity index (χ0v) is 16.0. The highest BCUT2D eigenvalue weighted by molar-refractivity contribution is 7.89. The van der Waals surface area contributed by atoms with Gasteiger partial charge in [-0.3, -0.25) is 0 Å². The highest BCUT2D eigenvalue weighted by Gasteiger charge is 2.27. The van der Waals surface area contributed by atoms with Crippen molar-refractivity contribution in [3.63, 3.8) is 0 Å². The average Bonchev–Trinajstić information content (AvgIpc) is 2.47. The number of ether oxygens (including phenoxy) is 1. The average molecular weight is 369 g/mol. The van der Waals surface area contributed by atoms with Gasteiger partial charge in [0.2, 0.25) is 10.0 Å². The molecule has 1 unspecified atom stereocenters. The van der Waals surface area contributed by atoms with E-state index in [9.17, 15) is 13.2 Å². The first-order valence-electron chi connectivity index (χ1n) is 8.33. The van der Waals surface area contributed by atoms with Crippen LogP contribution in [0, 0.1) is 6.92 Å². The zero-order valence-electron chi connectivity index (χ0n) is 15.2. The summed E-state index contributed by atoms with van der Waals surface area (Å²) in [7, 11) is -3.75. The van der Waals surface area contributed by atoms with E-state index in [-0.39, 0.29) is 17.0 Å². The van der Waals surface area contributed by atoms with Crippen LogP contribution in [0.2, 0.25) is 0 Å². The predicted octanol–water partition coefficient (Wildman–Crippen LogP) is 2.45. The summed E-state index contributed by atoms with van der Waals surface area (Å²) < 4.78 is 28.5. The summed E-state index contributed by atoms with van der Waals surface area (Å²) in [5.41, 5.74) is 1.10. The lowest BCUT2D eigenvalue weighted by Crippen LogP contribution is -2.47. The van der Waals surface area contributed by atoms with E-state index in [2.05, 4.69) is 5.32 Å². The van der Waals surface area contributed by atoms with Crippen LogP contribution >= 0.6 is 0 Å². The van der Waals surface area contributed by atoms with Crippen LogP contribution in [0.4, 0.5) is 10.5 Å². The summed E-state index contributed by atoms with van der Waals surface area (Å²) in [5, 5.41) is 8.54. The second kappa shape index (κ2) is 7.21. The van der Waals surface area contributed by atoms with Crippen molar-refractivity contribution in [1.29, 1.82) is 0 Å². The van der Waals surface area contributed by atoms with E-state index in [1.807, 2.05) is 27.7 Å². The zero-order chi connectivity index (χ0) is 18.8. The topological polar surface area (TPSA) is 102 Å². The Morgan fingerprint density at radius 3 is 2.64 bits per heavy atom. The molecular weight excluding hydrogens is 342 g/mol. The highest BCUT2D eigenvalue weighted by atomic mass is 32.2. The van der Waals surface area contributed by atoms with Crippen molar-refractivity contribution in [2.24, 2.45) is 5.14 Å². The quantitative estimate of drug-likeness (QED) is 0.852. The van der Waals surface area contributed by atoms with Crippen LogP contribution in [-0.2, 0) is 14.8 Å². The SMILES string of the molecule is Cc1ccc(S(N)(=O)=O)cc1NC1CCCN(C(=O)OC(C)(C)C)C1. The molecule has 8 heteroatoms. The molecular formula is C17H27N3O4S. The van der Waals surface area contributed by atoms with Gasteiger partial charge in [-0.2, -0.15) is 0 Å². The molecule has 0 spiro atoms. The van der Waals surface area contributed by atoms with E-state index in [1.165, 1.54) is 12.1 Å². The fraction of sp³-hybridized carbons (Fsp3) is 0.588. The Bertz CT molecular complexity index is 741. The minimum Gasteiger partial charge on any atom is -0.444 e. The van der Waals surface area contributed by atoms with E-state index in [1.54, 1.807) is 11.0 Å². The minimum absolute atomic E-state index is 0.0238. The van der Waals surface area contributed by atoms with E-state index < -0.39 is 15.6 Å². The van der Waals surface area contributed by atoms with E-state index in [4.69, 9.17) is 9.88 Å². The number of likely N-dealkylation sites (tertiary alicyclic amines) is 1. The van der Waals surface area contributed by atoms with Gasteiger partial charge >= 0.3 is 6.09 Å². The molecule has 1 aliphatic rings. The van der Waals surface area contributed by atoms with Gasteiger partial charge in [0.05, 0.1) is 4.90 Å². The summed E-state index contributed by atoms with van der Waals surface area (Å²) in [6, 6.07) is 4.77. The van der Waals surface area contributed by atoms with Gasteiger partial charge in [-0.15, -0.1) is 0 Å². The highest BCUT2D eigenvalue weighted by Crippen LogP contribution is 2.23. The number of amides is 1. The number of nitrogens with one attached hydrogen (secondary N) is 1. The van der Waals surface area contributed by atoms with Gasteiger partial charge in [-0.05, 0) is 58.2 Å². The number of hydrogen-bond donors (Lipinski definition) is 2. The summed E-state index contributed by atoms with van der Waals surface area (Å²) in [5.74, 6) is 0. The Hall–Kier alpha value is -1.80. The second-order valence-corrected chi connectivity index (χ2v) is 8.99. The smallest absolute Gasteiger partial charge is 0.410 e. The number of rotatable bonds is 3. The van der Waals surface area contributed by atoms with Crippen molar-refractivity contribution in [3.05, 3.63) is 23.8 Å². The monoisotopic (exact) mass is 369 g/mol. The maximum Gasteiger partial charge on any atom is 0.410 e. The van der Waals surface area contributed by atoms with E-state index in [0.717, 1.165) is 18.4 Å². The molecule has 25 heavy (non-hydrogen) atoms. The Labute approximate surface area is 149 Å². The number of hydrogen-bond acceptors (Lipinski definition) is 5. The number of anilines is 1. The Kier molecular flexibility index (Phi) is 5.63. The Balaban J connectivity index is 2.09. The van der Waals surface area contributed by atoms with Crippen molar-refractivity contribution in [2.45, 2.75) is 57.1 Å². The lowest BCUT2D eigenvalue weighted by atomic mass is 10.0. The predicted molar refractivity (Wildman–Crippen MR) is 97.0 cm³/mol. The van der Waals surface area contributed by atoms with Gasteiger partial charge in [0.1, 0.15) is 5.60 Å². The molecule has 140 valence electrons. The number of benzene rings is 1. The molecule has 0 aliphatic carbocycles. The third kappa shape index (κ3) is 5.61. The third-order valence-electron chi connectivity index (χ3n) is 3.97. The standard InChI is InChI=1S/C17H27N3O4S/c1-12-7-8-14(25(18,22)23)10-15(12)19-13-6-5-9-20(11-13)16(21)24-17(2,3)4/h7-8,10,13,19H,5-6,9,11H2,1-4H3,(H2,18,22,23). The fourth-order valence-electron chi connectivity index (χ4n) is 2.74. The molecule has 0 aromatic heterocycles. The van der Waals surface area contributed by atoms with Crippen LogP contribution in [0.3, 0.4) is 0 Å². The molecule has 1 aromatic rings. The largest absolute Gasteiger partial charge is 0.444 e. The van der Waals surface area contributed by atoms with Crippen LogP contribution in [0.15, 0.2) is 23.1 Å². The number of carbonyl (C=O) groups is 1. The van der Waals surface area contributed by atoms with Gasteiger partial charge < -0.3 is 15.0 Å². The molecule has 1 aliphatic heterocycles.